The molecule has 2 rings (SSSR count). The molecule has 0 unspecified atom stereocenters. The molecule has 94 valence electrons. The largest absolute Gasteiger partial charge is 0.376 e. The summed E-state index contributed by atoms with van der Waals surface area (Å²) < 4.78 is 5.67. The number of carbonyl (C=O) groups is 1. The first-order valence-corrected chi connectivity index (χ1v) is 5.99. The average Bonchev–Trinajstić information content (AvgIpc) is 2.89. The van der Waals surface area contributed by atoms with Gasteiger partial charge in [0.05, 0.1) is 12.7 Å². The Labute approximate surface area is 99.3 Å². The first kappa shape index (κ1) is 12.0. The highest BCUT2D eigenvalue weighted by Gasteiger charge is 2.14. The Balaban J connectivity index is 1.58. The Morgan fingerprint density at radius 2 is 2.24 bits per heavy atom. The molecule has 1 aliphatic rings. The molecule has 17 heavy (non-hydrogen) atoms. The fraction of sp³-hybridized carbons (Fsp3) is 0.800. The molecule has 0 aromatic carbocycles. The number of H-pyrrole nitrogens is 1. The van der Waals surface area contributed by atoms with Gasteiger partial charge in [-0.25, -0.2) is 0 Å². The second-order valence-corrected chi connectivity index (χ2v) is 4.12. The normalized spacial score (nSPS) is 16.9. The first-order chi connectivity index (χ1) is 8.36. The Bertz CT molecular complexity index is 334. The lowest BCUT2D eigenvalue weighted by molar-refractivity contribution is 0.0299. The highest BCUT2D eigenvalue weighted by atomic mass is 16.5. The van der Waals surface area contributed by atoms with Crippen LogP contribution in [0, 0.1) is 0 Å². The molecule has 1 heterocycles. The van der Waals surface area contributed by atoms with E-state index in [0.717, 1.165) is 12.8 Å². The Hall–Kier alpha value is -1.50. The molecule has 1 aromatic heterocycles. The van der Waals surface area contributed by atoms with Crippen molar-refractivity contribution in [2.24, 2.45) is 0 Å². The molecule has 2 N–H and O–H groups in total. The fourth-order valence-electron chi connectivity index (χ4n) is 1.96. The lowest BCUT2D eigenvalue weighted by Crippen LogP contribution is -2.30. The molecule has 7 nitrogen and oxygen atoms in total. The molecule has 1 fully saturated rings. The molecule has 0 spiro atoms. The summed E-state index contributed by atoms with van der Waals surface area (Å²) in [6.45, 7) is 1.01. The van der Waals surface area contributed by atoms with Crippen molar-refractivity contribution in [2.75, 3.05) is 13.2 Å². The van der Waals surface area contributed by atoms with E-state index in [1.165, 1.54) is 19.3 Å². The molecule has 0 radical (unpaired) electrons. The Kier molecular flexibility index (Phi) is 4.43. The van der Waals surface area contributed by atoms with E-state index in [1.807, 2.05) is 0 Å². The van der Waals surface area contributed by atoms with E-state index in [2.05, 4.69) is 25.9 Å². The Morgan fingerprint density at radius 3 is 2.94 bits per heavy atom. The number of hydrogen-bond acceptors (Lipinski definition) is 5. The lowest BCUT2D eigenvalue weighted by atomic mass is 9.98. The van der Waals surface area contributed by atoms with E-state index in [-0.39, 0.29) is 11.7 Å². The van der Waals surface area contributed by atoms with Gasteiger partial charge in [-0.2, -0.15) is 5.21 Å². The maximum atomic E-state index is 11.4. The number of aromatic nitrogens is 4. The minimum absolute atomic E-state index is 0.0580. The number of ether oxygens (including phenoxy) is 1. The van der Waals surface area contributed by atoms with Crippen molar-refractivity contribution in [1.82, 2.24) is 25.9 Å². The molecular formula is C10H17N5O2. The van der Waals surface area contributed by atoms with Gasteiger partial charge in [-0.05, 0) is 18.1 Å². The van der Waals surface area contributed by atoms with Crippen molar-refractivity contribution in [3.8, 4) is 0 Å². The zero-order valence-electron chi connectivity index (χ0n) is 9.69. The van der Waals surface area contributed by atoms with Gasteiger partial charge in [0.15, 0.2) is 0 Å². The van der Waals surface area contributed by atoms with E-state index >= 15 is 0 Å². The number of rotatable bonds is 5. The van der Waals surface area contributed by atoms with E-state index in [0.29, 0.717) is 19.3 Å². The van der Waals surface area contributed by atoms with Gasteiger partial charge < -0.3 is 10.1 Å². The van der Waals surface area contributed by atoms with Crippen LogP contribution in [0.4, 0.5) is 0 Å². The minimum Gasteiger partial charge on any atom is -0.376 e. The average molecular weight is 239 g/mol. The smallest absolute Gasteiger partial charge is 0.292 e. The molecule has 0 bridgehead atoms. The quantitative estimate of drug-likeness (QED) is 0.720. The summed E-state index contributed by atoms with van der Waals surface area (Å²) in [5, 5.41) is 15.4. The number of aromatic amines is 1. The summed E-state index contributed by atoms with van der Waals surface area (Å²) in [6, 6.07) is 0. The van der Waals surface area contributed by atoms with E-state index in [4.69, 9.17) is 4.74 Å². The summed E-state index contributed by atoms with van der Waals surface area (Å²) in [5.41, 5.74) is 0. The number of amides is 1. The van der Waals surface area contributed by atoms with Crippen molar-refractivity contribution >= 4 is 5.91 Å². The fourth-order valence-corrected chi connectivity index (χ4v) is 1.96. The van der Waals surface area contributed by atoms with Crippen molar-refractivity contribution in [1.29, 1.82) is 0 Å². The summed E-state index contributed by atoms with van der Waals surface area (Å²) in [6.07, 6.45) is 6.46. The van der Waals surface area contributed by atoms with Gasteiger partial charge in [0.1, 0.15) is 0 Å². The van der Waals surface area contributed by atoms with Crippen LogP contribution in [0.15, 0.2) is 0 Å². The second-order valence-electron chi connectivity index (χ2n) is 4.12. The maximum Gasteiger partial charge on any atom is 0.292 e. The minimum atomic E-state index is -0.328. The number of nitrogens with zero attached hydrogens (tertiary/aromatic N) is 3. The summed E-state index contributed by atoms with van der Waals surface area (Å²) in [7, 11) is 0. The predicted molar refractivity (Wildman–Crippen MR) is 59.3 cm³/mol. The zero-order valence-corrected chi connectivity index (χ0v) is 9.69. The SMILES string of the molecule is O=C(NCCOC1CCCCC1)c1nn[nH]n1. The first-order valence-electron chi connectivity index (χ1n) is 5.99. The van der Waals surface area contributed by atoms with Gasteiger partial charge in [-0.3, -0.25) is 4.79 Å². The highest BCUT2D eigenvalue weighted by molar-refractivity contribution is 5.89. The molecule has 1 aliphatic carbocycles. The number of carbonyl (C=O) groups excluding carboxylic acids is 1. The van der Waals surface area contributed by atoms with Crippen LogP contribution in [0.5, 0.6) is 0 Å². The third kappa shape index (κ3) is 3.77. The van der Waals surface area contributed by atoms with Crippen molar-refractivity contribution in [3.05, 3.63) is 5.82 Å². The van der Waals surface area contributed by atoms with Gasteiger partial charge in [0.2, 0.25) is 0 Å². The number of hydrogen-bond donors (Lipinski definition) is 2. The van der Waals surface area contributed by atoms with Crippen LogP contribution in [0.3, 0.4) is 0 Å². The van der Waals surface area contributed by atoms with Crippen molar-refractivity contribution < 1.29 is 9.53 Å². The van der Waals surface area contributed by atoms with Crippen LogP contribution in [0.2, 0.25) is 0 Å². The van der Waals surface area contributed by atoms with Crippen LogP contribution < -0.4 is 5.32 Å². The van der Waals surface area contributed by atoms with Gasteiger partial charge in [0.25, 0.3) is 11.7 Å². The van der Waals surface area contributed by atoms with Crippen LogP contribution in [-0.2, 0) is 4.74 Å². The van der Waals surface area contributed by atoms with Gasteiger partial charge >= 0.3 is 0 Å². The van der Waals surface area contributed by atoms with Gasteiger partial charge in [-0.1, -0.05) is 19.3 Å². The van der Waals surface area contributed by atoms with Crippen LogP contribution in [-0.4, -0.2) is 45.8 Å². The molecule has 1 amide bonds. The molecule has 1 aromatic rings. The lowest BCUT2D eigenvalue weighted by Gasteiger charge is -2.21. The molecular weight excluding hydrogens is 222 g/mol. The number of nitrogens with one attached hydrogen (secondary N) is 2. The molecule has 1 saturated carbocycles. The van der Waals surface area contributed by atoms with Crippen molar-refractivity contribution in [3.63, 3.8) is 0 Å². The van der Waals surface area contributed by atoms with Gasteiger partial charge in [0, 0.05) is 6.54 Å². The zero-order chi connectivity index (χ0) is 11.9. The van der Waals surface area contributed by atoms with Gasteiger partial charge in [-0.15, -0.1) is 10.2 Å². The third-order valence-electron chi connectivity index (χ3n) is 2.84. The molecule has 7 heteroatoms. The van der Waals surface area contributed by atoms with Crippen LogP contribution >= 0.6 is 0 Å². The van der Waals surface area contributed by atoms with Crippen LogP contribution in [0.1, 0.15) is 42.7 Å². The molecule has 0 saturated heterocycles. The Morgan fingerprint density at radius 1 is 1.41 bits per heavy atom. The second kappa shape index (κ2) is 6.29. The molecule has 0 atom stereocenters. The monoisotopic (exact) mass is 239 g/mol. The predicted octanol–water partition coefficient (Wildman–Crippen LogP) is 0.279. The molecule has 0 aliphatic heterocycles. The maximum absolute atomic E-state index is 11.4. The van der Waals surface area contributed by atoms with Crippen LogP contribution in [0.25, 0.3) is 0 Å². The standard InChI is InChI=1S/C10H17N5O2/c16-10(9-12-14-15-13-9)11-6-7-17-8-4-2-1-3-5-8/h8H,1-7H2,(H,11,16)(H,12,13,14,15). The summed E-state index contributed by atoms with van der Waals surface area (Å²) in [4.78, 5) is 11.4. The van der Waals surface area contributed by atoms with E-state index < -0.39 is 0 Å². The summed E-state index contributed by atoms with van der Waals surface area (Å²) in [5.74, 6) is -0.270. The highest BCUT2D eigenvalue weighted by Crippen LogP contribution is 2.19. The van der Waals surface area contributed by atoms with E-state index in [1.54, 1.807) is 0 Å². The van der Waals surface area contributed by atoms with Crippen molar-refractivity contribution in [2.45, 2.75) is 38.2 Å². The number of tetrazole rings is 1. The summed E-state index contributed by atoms with van der Waals surface area (Å²) >= 11 is 0. The topological polar surface area (TPSA) is 92.8 Å². The van der Waals surface area contributed by atoms with E-state index in [9.17, 15) is 4.79 Å². The third-order valence-corrected chi connectivity index (χ3v) is 2.84.